The Kier molecular flexibility index (Phi) is 4.03. The quantitative estimate of drug-likeness (QED) is 0.887. The van der Waals surface area contributed by atoms with E-state index in [-0.39, 0.29) is 0 Å². The summed E-state index contributed by atoms with van der Waals surface area (Å²) in [4.78, 5) is 10.6. The highest BCUT2D eigenvalue weighted by Gasteiger charge is 2.47. The van der Waals surface area contributed by atoms with Gasteiger partial charge >= 0.3 is 5.97 Å². The van der Waals surface area contributed by atoms with Gasteiger partial charge in [0.1, 0.15) is 16.5 Å². The Morgan fingerprint density at radius 3 is 2.67 bits per heavy atom. The Balaban J connectivity index is 2.31. The lowest BCUT2D eigenvalue weighted by molar-refractivity contribution is -0.148. The van der Waals surface area contributed by atoms with Gasteiger partial charge in [-0.15, -0.1) is 0 Å². The Hall–Kier alpha value is -1.54. The van der Waals surface area contributed by atoms with Crippen LogP contribution in [0.3, 0.4) is 0 Å². The van der Waals surface area contributed by atoms with Crippen LogP contribution >= 0.6 is 0 Å². The second-order valence-electron chi connectivity index (χ2n) is 5.36. The highest BCUT2D eigenvalue weighted by molar-refractivity contribution is 7.89. The van der Waals surface area contributed by atoms with Crippen molar-refractivity contribution in [2.75, 3.05) is 0 Å². The number of benzene rings is 1. The molecule has 1 saturated carbocycles. The summed E-state index contributed by atoms with van der Waals surface area (Å²) >= 11 is 0. The van der Waals surface area contributed by atoms with E-state index in [0.29, 0.717) is 25.3 Å². The molecule has 1 aliphatic rings. The topological polar surface area (TPSA) is 83.5 Å². The molecule has 2 atom stereocenters. The Labute approximate surface area is 121 Å². The van der Waals surface area contributed by atoms with Crippen LogP contribution in [0, 0.1) is 17.0 Å². The maximum absolute atomic E-state index is 13.6. The van der Waals surface area contributed by atoms with Gasteiger partial charge in [0, 0.05) is 12.1 Å². The van der Waals surface area contributed by atoms with Crippen LogP contribution in [0.5, 0.6) is 0 Å². The third-order valence-electron chi connectivity index (χ3n) is 3.93. The molecule has 0 bridgehead atoms. The van der Waals surface area contributed by atoms with Gasteiger partial charge in [-0.3, -0.25) is 4.79 Å². The molecule has 5 nitrogen and oxygen atoms in total. The number of carboxylic acids is 1. The number of aliphatic carboxylic acids is 1. The molecule has 2 unspecified atom stereocenters. The predicted octanol–water partition coefficient (Wildman–Crippen LogP) is 1.89. The fourth-order valence-electron chi connectivity index (χ4n) is 2.56. The smallest absolute Gasteiger partial charge is 0.310 e. The fraction of sp³-hybridized carbons (Fsp3) is 0.462. The van der Waals surface area contributed by atoms with E-state index in [1.807, 2.05) is 0 Å². The summed E-state index contributed by atoms with van der Waals surface area (Å²) in [5.74, 6) is -3.20. The first-order valence-electron chi connectivity index (χ1n) is 6.37. The minimum Gasteiger partial charge on any atom is -0.481 e. The summed E-state index contributed by atoms with van der Waals surface area (Å²) in [6, 6.07) is 1.30. The zero-order valence-corrected chi connectivity index (χ0v) is 12.1. The third-order valence-corrected chi connectivity index (χ3v) is 5.43. The summed E-state index contributed by atoms with van der Waals surface area (Å²) in [7, 11) is -4.25. The molecule has 21 heavy (non-hydrogen) atoms. The molecular formula is C13H15F2NO4S. The molecule has 1 fully saturated rings. The first kappa shape index (κ1) is 15.8. The summed E-state index contributed by atoms with van der Waals surface area (Å²) < 4.78 is 53.0. The van der Waals surface area contributed by atoms with E-state index >= 15 is 0 Å². The molecule has 0 radical (unpaired) electrons. The van der Waals surface area contributed by atoms with Crippen molar-refractivity contribution in [3.05, 3.63) is 29.8 Å². The maximum atomic E-state index is 13.6. The molecule has 2 N–H and O–H groups in total. The van der Waals surface area contributed by atoms with Gasteiger partial charge in [0.15, 0.2) is 0 Å². The average molecular weight is 319 g/mol. The highest BCUT2D eigenvalue weighted by Crippen LogP contribution is 2.39. The standard InChI is InChI=1S/C13H15F2NO4S/c1-13(12(17)18)6-2-3-11(13)16-21(19,20)10-5-4-8(14)7-9(10)15/h4-5,7,11,16H,2-3,6H2,1H3,(H,17,18). The highest BCUT2D eigenvalue weighted by atomic mass is 32.2. The zero-order chi connectivity index (χ0) is 15.8. The van der Waals surface area contributed by atoms with Gasteiger partial charge in [0.05, 0.1) is 5.41 Å². The average Bonchev–Trinajstić information content (AvgIpc) is 2.71. The van der Waals surface area contributed by atoms with E-state index in [0.717, 1.165) is 12.1 Å². The number of sulfonamides is 1. The van der Waals surface area contributed by atoms with Crippen molar-refractivity contribution in [1.82, 2.24) is 4.72 Å². The molecule has 1 aliphatic carbocycles. The number of rotatable bonds is 4. The van der Waals surface area contributed by atoms with Crippen LogP contribution in [0.4, 0.5) is 8.78 Å². The van der Waals surface area contributed by atoms with Crippen molar-refractivity contribution in [2.24, 2.45) is 5.41 Å². The molecular weight excluding hydrogens is 304 g/mol. The third kappa shape index (κ3) is 2.91. The second kappa shape index (κ2) is 5.34. The van der Waals surface area contributed by atoms with E-state index in [4.69, 9.17) is 0 Å². The number of nitrogens with one attached hydrogen (secondary N) is 1. The van der Waals surface area contributed by atoms with Gasteiger partial charge in [-0.05, 0) is 31.9 Å². The Morgan fingerprint density at radius 2 is 2.10 bits per heavy atom. The van der Waals surface area contributed by atoms with Gasteiger partial charge in [-0.2, -0.15) is 0 Å². The van der Waals surface area contributed by atoms with Gasteiger partial charge in [0.2, 0.25) is 10.0 Å². The fourth-order valence-corrected chi connectivity index (χ4v) is 4.00. The minimum atomic E-state index is -4.25. The van der Waals surface area contributed by atoms with Gasteiger partial charge < -0.3 is 5.11 Å². The molecule has 0 heterocycles. The monoisotopic (exact) mass is 319 g/mol. The van der Waals surface area contributed by atoms with E-state index in [1.54, 1.807) is 0 Å². The molecule has 0 amide bonds. The Morgan fingerprint density at radius 1 is 1.43 bits per heavy atom. The first-order chi connectivity index (χ1) is 9.67. The van der Waals surface area contributed by atoms with Crippen LogP contribution in [-0.2, 0) is 14.8 Å². The summed E-state index contributed by atoms with van der Waals surface area (Å²) in [5.41, 5.74) is -1.23. The number of carbonyl (C=O) groups is 1. The van der Waals surface area contributed by atoms with Crippen LogP contribution in [0.2, 0.25) is 0 Å². The van der Waals surface area contributed by atoms with Crippen molar-refractivity contribution in [3.8, 4) is 0 Å². The van der Waals surface area contributed by atoms with Gasteiger partial charge in [0.25, 0.3) is 0 Å². The molecule has 2 rings (SSSR count). The van der Waals surface area contributed by atoms with Crippen molar-refractivity contribution in [1.29, 1.82) is 0 Å². The minimum absolute atomic E-state index is 0.335. The zero-order valence-electron chi connectivity index (χ0n) is 11.3. The van der Waals surface area contributed by atoms with Gasteiger partial charge in [-0.1, -0.05) is 6.42 Å². The summed E-state index contributed by atoms with van der Waals surface area (Å²) in [5, 5.41) is 9.24. The lowest BCUT2D eigenvalue weighted by Crippen LogP contribution is -2.47. The van der Waals surface area contributed by atoms with Crippen molar-refractivity contribution >= 4 is 16.0 Å². The molecule has 0 saturated heterocycles. The lowest BCUT2D eigenvalue weighted by atomic mass is 9.85. The van der Waals surface area contributed by atoms with Crippen LogP contribution in [0.1, 0.15) is 26.2 Å². The van der Waals surface area contributed by atoms with Crippen LogP contribution < -0.4 is 4.72 Å². The van der Waals surface area contributed by atoms with Crippen molar-refractivity contribution in [3.63, 3.8) is 0 Å². The molecule has 1 aromatic rings. The van der Waals surface area contributed by atoms with Gasteiger partial charge in [-0.25, -0.2) is 21.9 Å². The predicted molar refractivity (Wildman–Crippen MR) is 70.1 cm³/mol. The normalized spacial score (nSPS) is 26.0. The van der Waals surface area contributed by atoms with Crippen molar-refractivity contribution < 1.29 is 27.1 Å². The second-order valence-corrected chi connectivity index (χ2v) is 7.05. The SMILES string of the molecule is CC1(C(=O)O)CCCC1NS(=O)(=O)c1ccc(F)cc1F. The van der Waals surface area contributed by atoms with E-state index < -0.39 is 44.0 Å². The first-order valence-corrected chi connectivity index (χ1v) is 7.86. The summed E-state index contributed by atoms with van der Waals surface area (Å²) in [6.07, 6.45) is 1.24. The molecule has 116 valence electrons. The maximum Gasteiger partial charge on any atom is 0.310 e. The molecule has 8 heteroatoms. The number of hydrogen-bond donors (Lipinski definition) is 2. The van der Waals surface area contributed by atoms with Crippen LogP contribution in [0.15, 0.2) is 23.1 Å². The number of carboxylic acid groups (broad SMARTS) is 1. The molecule has 0 spiro atoms. The summed E-state index contributed by atoms with van der Waals surface area (Å²) in [6.45, 7) is 1.45. The number of halogens is 2. The lowest BCUT2D eigenvalue weighted by Gasteiger charge is -2.27. The molecule has 1 aromatic carbocycles. The number of hydrogen-bond acceptors (Lipinski definition) is 3. The largest absolute Gasteiger partial charge is 0.481 e. The molecule has 0 aromatic heterocycles. The van der Waals surface area contributed by atoms with Crippen LogP contribution in [0.25, 0.3) is 0 Å². The van der Waals surface area contributed by atoms with Crippen molar-refractivity contribution in [2.45, 2.75) is 37.1 Å². The van der Waals surface area contributed by atoms with E-state index in [1.165, 1.54) is 6.92 Å². The van der Waals surface area contributed by atoms with E-state index in [2.05, 4.69) is 4.72 Å². The van der Waals surface area contributed by atoms with E-state index in [9.17, 15) is 27.1 Å². The van der Waals surface area contributed by atoms with Crippen LogP contribution in [-0.4, -0.2) is 25.5 Å². The molecule has 0 aliphatic heterocycles. The Bertz CT molecular complexity index is 677.